The van der Waals surface area contributed by atoms with Crippen LogP contribution in [0.2, 0.25) is 0 Å². The first-order valence-corrected chi connectivity index (χ1v) is 22.1. The highest BCUT2D eigenvalue weighted by Gasteiger charge is 2.67. The molecule has 1 aliphatic heterocycles. The van der Waals surface area contributed by atoms with Crippen LogP contribution in [0.3, 0.4) is 0 Å². The normalized spacial score (nSPS) is 37.4. The molecule has 1 aromatic rings. The number of fused-ring (bicyclic) bond motifs is 3. The minimum absolute atomic E-state index is 0.0482. The SMILES string of the molecule is C=C1[C@@H]2CC[C@H]3[C@]4(C)C[C@H](O[C@@H]5O[C@H](COC(=O)c6ccccc6NC)[C@@H](OS(=O)(=O)O)[C@H](OS(=O)(=O)O)[C@H]5OC(=O)CC(C)C)C[C@@H](C(=O)O)[C@H]4CC[C@]3(C2)[C@H]1O. The summed E-state index contributed by atoms with van der Waals surface area (Å²) >= 11 is 0. The summed E-state index contributed by atoms with van der Waals surface area (Å²) < 4.78 is 103. The van der Waals surface area contributed by atoms with Gasteiger partial charge >= 0.3 is 38.7 Å². The molecule has 324 valence electrons. The smallest absolute Gasteiger partial charge is 0.397 e. The van der Waals surface area contributed by atoms with E-state index in [1.807, 2.05) is 6.92 Å². The maximum Gasteiger partial charge on any atom is 0.397 e. The van der Waals surface area contributed by atoms with E-state index in [2.05, 4.69) is 11.9 Å². The molecular formula is C38H53NO17S2. The number of aliphatic hydroxyl groups is 1. The number of para-hydroxylation sites is 1. The van der Waals surface area contributed by atoms with Gasteiger partial charge in [0.25, 0.3) is 0 Å². The van der Waals surface area contributed by atoms with Gasteiger partial charge in [-0.25, -0.2) is 13.2 Å². The van der Waals surface area contributed by atoms with Crippen LogP contribution in [0.5, 0.6) is 0 Å². The zero-order chi connectivity index (χ0) is 42.5. The van der Waals surface area contributed by atoms with Crippen molar-refractivity contribution in [2.75, 3.05) is 19.0 Å². The van der Waals surface area contributed by atoms with Gasteiger partial charge in [0.2, 0.25) is 0 Å². The third-order valence-corrected chi connectivity index (χ3v) is 14.0. The molecule has 5 aliphatic rings. The molecule has 20 heteroatoms. The molecule has 1 aromatic carbocycles. The van der Waals surface area contributed by atoms with E-state index >= 15 is 0 Å². The molecule has 2 bridgehead atoms. The fourth-order valence-electron chi connectivity index (χ4n) is 10.9. The van der Waals surface area contributed by atoms with Crippen molar-refractivity contribution in [2.24, 2.45) is 40.4 Å². The van der Waals surface area contributed by atoms with E-state index in [1.54, 1.807) is 39.1 Å². The van der Waals surface area contributed by atoms with Crippen LogP contribution >= 0.6 is 0 Å². The number of rotatable bonds is 14. The van der Waals surface area contributed by atoms with Crippen molar-refractivity contribution in [3.8, 4) is 0 Å². The van der Waals surface area contributed by atoms with Crippen LogP contribution < -0.4 is 5.32 Å². The van der Waals surface area contributed by atoms with Crippen LogP contribution in [-0.2, 0) is 57.7 Å². The summed E-state index contributed by atoms with van der Waals surface area (Å²) in [5, 5.41) is 25.0. The van der Waals surface area contributed by atoms with E-state index in [0.29, 0.717) is 24.9 Å². The molecule has 13 atom stereocenters. The molecule has 0 amide bonds. The lowest BCUT2D eigenvalue weighted by molar-refractivity contribution is -0.315. The van der Waals surface area contributed by atoms with Crippen LogP contribution in [0, 0.1) is 40.4 Å². The molecule has 1 saturated heterocycles. The first-order chi connectivity index (χ1) is 27.1. The van der Waals surface area contributed by atoms with Crippen LogP contribution in [0.25, 0.3) is 0 Å². The number of carbonyl (C=O) groups excluding carboxylic acids is 2. The highest BCUT2D eigenvalue weighted by Crippen LogP contribution is 2.70. The molecule has 4 saturated carbocycles. The minimum Gasteiger partial charge on any atom is -0.481 e. The van der Waals surface area contributed by atoms with Crippen LogP contribution in [0.4, 0.5) is 5.69 Å². The van der Waals surface area contributed by atoms with Gasteiger partial charge in [-0.2, -0.15) is 16.8 Å². The van der Waals surface area contributed by atoms with E-state index in [9.17, 15) is 50.5 Å². The van der Waals surface area contributed by atoms with Gasteiger partial charge in [0.1, 0.15) is 18.8 Å². The average Bonchev–Trinajstić information content (AvgIpc) is 3.29. The summed E-state index contributed by atoms with van der Waals surface area (Å²) in [5.74, 6) is -4.46. The monoisotopic (exact) mass is 859 g/mol. The predicted molar refractivity (Wildman–Crippen MR) is 202 cm³/mol. The largest absolute Gasteiger partial charge is 0.481 e. The molecule has 0 radical (unpaired) electrons. The van der Waals surface area contributed by atoms with Crippen molar-refractivity contribution in [1.29, 1.82) is 0 Å². The topological polar surface area (TPSA) is 268 Å². The number of benzene rings is 1. The number of esters is 2. The number of hydrogen-bond acceptors (Lipinski definition) is 15. The maximum absolute atomic E-state index is 13.3. The number of carbonyl (C=O) groups is 3. The number of carboxylic acids is 1. The van der Waals surface area contributed by atoms with E-state index in [1.165, 1.54) is 6.07 Å². The predicted octanol–water partition coefficient (Wildman–Crippen LogP) is 3.57. The second kappa shape index (κ2) is 16.7. The number of carboxylic acid groups (broad SMARTS) is 1. The number of aliphatic carboxylic acids is 1. The van der Waals surface area contributed by atoms with Gasteiger partial charge in [0, 0.05) is 24.6 Å². The maximum atomic E-state index is 13.3. The average molecular weight is 860 g/mol. The third-order valence-electron chi connectivity index (χ3n) is 13.1. The Morgan fingerprint density at radius 1 is 1.00 bits per heavy atom. The molecule has 58 heavy (non-hydrogen) atoms. The molecule has 0 aromatic heterocycles. The van der Waals surface area contributed by atoms with Gasteiger partial charge in [0.15, 0.2) is 18.5 Å². The zero-order valence-electron chi connectivity index (χ0n) is 32.7. The Labute approximate surface area is 337 Å². The molecule has 18 nitrogen and oxygen atoms in total. The van der Waals surface area contributed by atoms with Crippen molar-refractivity contribution in [1.82, 2.24) is 0 Å². The Bertz CT molecular complexity index is 1970. The molecule has 0 unspecified atom stereocenters. The van der Waals surface area contributed by atoms with E-state index in [-0.39, 0.29) is 48.5 Å². The van der Waals surface area contributed by atoms with E-state index in [4.69, 9.17) is 27.3 Å². The van der Waals surface area contributed by atoms with Crippen molar-refractivity contribution in [2.45, 2.75) is 115 Å². The van der Waals surface area contributed by atoms with Crippen molar-refractivity contribution < 1.29 is 77.9 Å². The molecule has 4 aliphatic carbocycles. The van der Waals surface area contributed by atoms with E-state index < -0.39 is 105 Å². The van der Waals surface area contributed by atoms with Crippen LogP contribution in [-0.4, -0.2) is 111 Å². The molecular weight excluding hydrogens is 807 g/mol. The summed E-state index contributed by atoms with van der Waals surface area (Å²) in [6, 6.07) is 6.21. The van der Waals surface area contributed by atoms with Gasteiger partial charge in [-0.1, -0.05) is 39.5 Å². The second-order valence-electron chi connectivity index (χ2n) is 17.0. The Morgan fingerprint density at radius 3 is 2.31 bits per heavy atom. The molecule has 1 spiro atoms. The Balaban J connectivity index is 1.38. The number of aliphatic hydroxyl groups excluding tert-OH is 1. The highest BCUT2D eigenvalue weighted by atomic mass is 32.3. The van der Waals surface area contributed by atoms with Gasteiger partial charge in [-0.3, -0.25) is 18.7 Å². The van der Waals surface area contributed by atoms with Crippen LogP contribution in [0.1, 0.15) is 82.5 Å². The lowest BCUT2D eigenvalue weighted by Crippen LogP contribution is -2.64. The quantitative estimate of drug-likeness (QED) is 0.0774. The summed E-state index contributed by atoms with van der Waals surface area (Å²) in [6.07, 6.45) is -8.74. The number of hydrogen-bond donors (Lipinski definition) is 5. The summed E-state index contributed by atoms with van der Waals surface area (Å²) in [4.78, 5) is 39.5. The summed E-state index contributed by atoms with van der Waals surface area (Å²) in [6.45, 7) is 8.68. The lowest BCUT2D eigenvalue weighted by Gasteiger charge is -2.62. The highest BCUT2D eigenvalue weighted by molar-refractivity contribution is 7.81. The first kappa shape index (κ1) is 44.3. The zero-order valence-corrected chi connectivity index (χ0v) is 34.4. The van der Waals surface area contributed by atoms with Crippen molar-refractivity contribution in [3.63, 3.8) is 0 Å². The van der Waals surface area contributed by atoms with Gasteiger partial charge < -0.3 is 34.5 Å². The fourth-order valence-corrected chi connectivity index (χ4v) is 11.9. The second-order valence-corrected chi connectivity index (χ2v) is 19.1. The minimum atomic E-state index is -5.53. The molecule has 6 rings (SSSR count). The summed E-state index contributed by atoms with van der Waals surface area (Å²) in [7, 11) is -9.46. The number of nitrogens with one attached hydrogen (secondary N) is 1. The lowest BCUT2D eigenvalue weighted by atomic mass is 9.43. The van der Waals surface area contributed by atoms with Crippen LogP contribution in [0.15, 0.2) is 36.4 Å². The van der Waals surface area contributed by atoms with Crippen molar-refractivity contribution >= 4 is 44.4 Å². The molecule has 5 N–H and O–H groups in total. The molecule has 1 heterocycles. The van der Waals surface area contributed by atoms with Gasteiger partial charge in [-0.05, 0) is 91.7 Å². The van der Waals surface area contributed by atoms with Gasteiger partial charge in [0.05, 0.1) is 23.7 Å². The van der Waals surface area contributed by atoms with Crippen molar-refractivity contribution in [3.05, 3.63) is 42.0 Å². The Hall–Kier alpha value is -3.21. The molecule has 5 fully saturated rings. The van der Waals surface area contributed by atoms with E-state index in [0.717, 1.165) is 18.4 Å². The standard InChI is InChI=1S/C38H53NO17S2/c1-19(2)14-29(40)54-32-31(56-58(48,49)50)30(55-57(45,46)47)27(18-51-35(44)23-8-6-7-9-26(23)39-5)53-36(32)52-22-15-24(34(42)43)25-12-13-38-16-21(20(3)33(38)41)10-11-28(38)37(25,4)17-22/h6-9,19,21-22,24-25,27-28,30-33,36,39,41H,3,10-18H2,1-2,4-5H3,(H,42,43)(H,45,46,47)(H,48,49,50)/t21-,22-,24-,25-,27-,28+,30-,31+,32-,33+,36-,37-,38-/m1/s1. The third kappa shape index (κ3) is 8.95. The first-order valence-electron chi connectivity index (χ1n) is 19.4. The fraction of sp³-hybridized carbons (Fsp3) is 0.711. The summed E-state index contributed by atoms with van der Waals surface area (Å²) in [5.41, 5.74) is -0.0274. The Kier molecular flexibility index (Phi) is 12.8. The Morgan fingerprint density at radius 2 is 1.67 bits per heavy atom. The number of ether oxygens (including phenoxy) is 4. The number of anilines is 1. The van der Waals surface area contributed by atoms with Gasteiger partial charge in [-0.15, -0.1) is 0 Å².